The quantitative estimate of drug-likeness (QED) is 0.898. The summed E-state index contributed by atoms with van der Waals surface area (Å²) in [6.45, 7) is 0.892. The molecule has 1 aromatic carbocycles. The maximum Gasteiger partial charge on any atom is 0.226 e. The van der Waals surface area contributed by atoms with Crippen LogP contribution in [0.4, 0.5) is 14.5 Å². The third-order valence-electron chi connectivity index (χ3n) is 3.11. The SMILES string of the molecule is COc1cc(F)c(NC(=O)CC2CCCN2)cc1F.Cl. The van der Waals surface area contributed by atoms with Crippen molar-refractivity contribution < 1.29 is 18.3 Å². The molecule has 1 aromatic rings. The highest BCUT2D eigenvalue weighted by molar-refractivity contribution is 5.91. The second-order valence-corrected chi connectivity index (χ2v) is 4.51. The van der Waals surface area contributed by atoms with E-state index in [9.17, 15) is 13.6 Å². The van der Waals surface area contributed by atoms with E-state index < -0.39 is 11.6 Å². The second-order valence-electron chi connectivity index (χ2n) is 4.51. The molecule has 1 amide bonds. The van der Waals surface area contributed by atoms with Crippen molar-refractivity contribution >= 4 is 24.0 Å². The number of nitrogens with one attached hydrogen (secondary N) is 2. The van der Waals surface area contributed by atoms with Crippen molar-refractivity contribution in [3.05, 3.63) is 23.8 Å². The zero-order valence-electron chi connectivity index (χ0n) is 11.0. The Kier molecular flexibility index (Phi) is 6.16. The third kappa shape index (κ3) is 4.05. The van der Waals surface area contributed by atoms with Crippen molar-refractivity contribution in [3.63, 3.8) is 0 Å². The number of carbonyl (C=O) groups excluding carboxylic acids is 1. The lowest BCUT2D eigenvalue weighted by molar-refractivity contribution is -0.116. The number of amides is 1. The first-order valence-electron chi connectivity index (χ1n) is 6.16. The van der Waals surface area contributed by atoms with Crippen LogP contribution in [0.25, 0.3) is 0 Å². The molecule has 0 bridgehead atoms. The molecule has 1 aliphatic heterocycles. The van der Waals surface area contributed by atoms with E-state index in [2.05, 4.69) is 15.4 Å². The molecular weight excluding hydrogens is 290 g/mol. The minimum absolute atomic E-state index is 0. The molecule has 0 spiro atoms. The molecule has 4 nitrogen and oxygen atoms in total. The molecule has 2 rings (SSSR count). The van der Waals surface area contributed by atoms with E-state index >= 15 is 0 Å². The fraction of sp³-hybridized carbons (Fsp3) is 0.462. The molecule has 1 aliphatic rings. The molecule has 1 heterocycles. The number of carbonyl (C=O) groups is 1. The van der Waals surface area contributed by atoms with Gasteiger partial charge < -0.3 is 15.4 Å². The van der Waals surface area contributed by atoms with Gasteiger partial charge in [0.1, 0.15) is 0 Å². The molecule has 1 unspecified atom stereocenters. The maximum absolute atomic E-state index is 13.6. The monoisotopic (exact) mass is 306 g/mol. The van der Waals surface area contributed by atoms with Crippen LogP contribution in [0.3, 0.4) is 0 Å². The molecular formula is C13H17ClF2N2O2. The molecule has 0 saturated carbocycles. The second kappa shape index (κ2) is 7.40. The smallest absolute Gasteiger partial charge is 0.226 e. The van der Waals surface area contributed by atoms with Gasteiger partial charge in [-0.15, -0.1) is 12.4 Å². The Labute approximate surface area is 122 Å². The maximum atomic E-state index is 13.6. The van der Waals surface area contributed by atoms with Crippen LogP contribution < -0.4 is 15.4 Å². The number of methoxy groups -OCH3 is 1. The fourth-order valence-corrected chi connectivity index (χ4v) is 2.14. The zero-order chi connectivity index (χ0) is 13.8. The van der Waals surface area contributed by atoms with Crippen LogP contribution in [-0.4, -0.2) is 25.6 Å². The summed E-state index contributed by atoms with van der Waals surface area (Å²) < 4.78 is 31.7. The highest BCUT2D eigenvalue weighted by Gasteiger charge is 2.19. The van der Waals surface area contributed by atoms with E-state index in [0.29, 0.717) is 0 Å². The predicted molar refractivity (Wildman–Crippen MR) is 74.4 cm³/mol. The number of halogens is 3. The van der Waals surface area contributed by atoms with Crippen LogP contribution in [0.2, 0.25) is 0 Å². The van der Waals surface area contributed by atoms with Crippen LogP contribution in [0.15, 0.2) is 12.1 Å². The average molecular weight is 307 g/mol. The molecule has 1 fully saturated rings. The van der Waals surface area contributed by atoms with Gasteiger partial charge in [0, 0.05) is 24.6 Å². The Balaban J connectivity index is 0.00000200. The summed E-state index contributed by atoms with van der Waals surface area (Å²) in [6.07, 6.45) is 2.21. The first kappa shape index (κ1) is 16.7. The van der Waals surface area contributed by atoms with Gasteiger partial charge in [0.25, 0.3) is 0 Å². The lowest BCUT2D eigenvalue weighted by Gasteiger charge is -2.12. The summed E-state index contributed by atoms with van der Waals surface area (Å²) in [5.74, 6) is -1.94. The highest BCUT2D eigenvalue weighted by Crippen LogP contribution is 2.24. The van der Waals surface area contributed by atoms with Gasteiger partial charge in [-0.3, -0.25) is 4.79 Å². The van der Waals surface area contributed by atoms with Gasteiger partial charge in [0.15, 0.2) is 17.4 Å². The van der Waals surface area contributed by atoms with Gasteiger partial charge in [-0.1, -0.05) is 0 Å². The largest absolute Gasteiger partial charge is 0.494 e. The Hall–Kier alpha value is -1.40. The molecule has 0 radical (unpaired) electrons. The Morgan fingerprint density at radius 1 is 1.45 bits per heavy atom. The number of benzene rings is 1. The number of anilines is 1. The zero-order valence-corrected chi connectivity index (χ0v) is 11.9. The van der Waals surface area contributed by atoms with Crippen LogP contribution >= 0.6 is 12.4 Å². The average Bonchev–Trinajstić information content (AvgIpc) is 2.86. The van der Waals surface area contributed by atoms with Crippen LogP contribution in [-0.2, 0) is 4.79 Å². The molecule has 112 valence electrons. The molecule has 20 heavy (non-hydrogen) atoms. The molecule has 1 atom stereocenters. The van der Waals surface area contributed by atoms with Gasteiger partial charge in [0.2, 0.25) is 5.91 Å². The number of hydrogen-bond acceptors (Lipinski definition) is 3. The van der Waals surface area contributed by atoms with E-state index in [0.717, 1.165) is 31.5 Å². The van der Waals surface area contributed by atoms with Gasteiger partial charge >= 0.3 is 0 Å². The standard InChI is InChI=1S/C13H16F2N2O2.ClH/c1-19-12-7-9(14)11(6-10(12)15)17-13(18)5-8-3-2-4-16-8;/h6-8,16H,2-5H2,1H3,(H,17,18);1H. The summed E-state index contributed by atoms with van der Waals surface area (Å²) in [6, 6.07) is 1.96. The lowest BCUT2D eigenvalue weighted by Crippen LogP contribution is -2.27. The highest BCUT2D eigenvalue weighted by atomic mass is 35.5. The van der Waals surface area contributed by atoms with Gasteiger partial charge in [-0.25, -0.2) is 8.78 Å². The normalized spacial score (nSPS) is 17.4. The Bertz CT molecular complexity index is 480. The van der Waals surface area contributed by atoms with Crippen molar-refractivity contribution in [2.75, 3.05) is 19.0 Å². The fourth-order valence-electron chi connectivity index (χ4n) is 2.14. The van der Waals surface area contributed by atoms with Crippen molar-refractivity contribution in [1.82, 2.24) is 5.32 Å². The first-order valence-corrected chi connectivity index (χ1v) is 6.16. The van der Waals surface area contributed by atoms with Crippen molar-refractivity contribution in [3.8, 4) is 5.75 Å². The van der Waals surface area contributed by atoms with E-state index in [1.54, 1.807) is 0 Å². The van der Waals surface area contributed by atoms with E-state index in [1.807, 2.05) is 0 Å². The molecule has 7 heteroatoms. The summed E-state index contributed by atoms with van der Waals surface area (Å²) in [7, 11) is 1.25. The van der Waals surface area contributed by atoms with Gasteiger partial charge in [0.05, 0.1) is 12.8 Å². The topological polar surface area (TPSA) is 50.4 Å². The Morgan fingerprint density at radius 3 is 2.80 bits per heavy atom. The van der Waals surface area contributed by atoms with Crippen molar-refractivity contribution in [2.45, 2.75) is 25.3 Å². The van der Waals surface area contributed by atoms with Crippen LogP contribution in [0.5, 0.6) is 5.75 Å². The summed E-state index contributed by atoms with van der Waals surface area (Å²) >= 11 is 0. The molecule has 2 N–H and O–H groups in total. The minimum atomic E-state index is -0.717. The molecule has 0 aromatic heterocycles. The van der Waals surface area contributed by atoms with Gasteiger partial charge in [-0.2, -0.15) is 0 Å². The number of hydrogen-bond donors (Lipinski definition) is 2. The van der Waals surface area contributed by atoms with E-state index in [-0.39, 0.29) is 42.2 Å². The molecule has 1 saturated heterocycles. The number of ether oxygens (including phenoxy) is 1. The number of rotatable bonds is 4. The predicted octanol–water partition coefficient (Wildman–Crippen LogP) is 2.48. The summed E-state index contributed by atoms with van der Waals surface area (Å²) in [5.41, 5.74) is -0.165. The van der Waals surface area contributed by atoms with Crippen molar-refractivity contribution in [1.29, 1.82) is 0 Å². The summed E-state index contributed by atoms with van der Waals surface area (Å²) in [4.78, 5) is 11.7. The van der Waals surface area contributed by atoms with Crippen LogP contribution in [0.1, 0.15) is 19.3 Å². The third-order valence-corrected chi connectivity index (χ3v) is 3.11. The van der Waals surface area contributed by atoms with E-state index in [4.69, 9.17) is 0 Å². The Morgan fingerprint density at radius 2 is 2.20 bits per heavy atom. The van der Waals surface area contributed by atoms with Crippen molar-refractivity contribution in [2.24, 2.45) is 0 Å². The molecule has 0 aliphatic carbocycles. The van der Waals surface area contributed by atoms with Crippen LogP contribution in [0, 0.1) is 11.6 Å². The van der Waals surface area contributed by atoms with E-state index in [1.165, 1.54) is 7.11 Å². The summed E-state index contributed by atoms with van der Waals surface area (Å²) in [5, 5.41) is 5.55. The lowest BCUT2D eigenvalue weighted by atomic mass is 10.1. The first-order chi connectivity index (χ1) is 9.10. The van der Waals surface area contributed by atoms with Gasteiger partial charge in [-0.05, 0) is 19.4 Å². The minimum Gasteiger partial charge on any atom is -0.494 e.